The van der Waals surface area contributed by atoms with Gasteiger partial charge in [0.05, 0.1) is 0 Å². The maximum absolute atomic E-state index is 2.42. The lowest BCUT2D eigenvalue weighted by atomic mass is 10.1. The minimum atomic E-state index is 0.269. The third-order valence-electron chi connectivity index (χ3n) is 2.67. The summed E-state index contributed by atoms with van der Waals surface area (Å²) in [5.74, 6) is 0.952. The number of hydrogen-bond acceptors (Lipinski definition) is 0. The third-order valence-corrected chi connectivity index (χ3v) is 4.63. The summed E-state index contributed by atoms with van der Waals surface area (Å²) in [5.41, 5.74) is 2.70. The van der Waals surface area contributed by atoms with Crippen molar-refractivity contribution in [3.05, 3.63) is 35.9 Å². The summed E-state index contributed by atoms with van der Waals surface area (Å²) in [6.07, 6.45) is 1.48. The van der Waals surface area contributed by atoms with E-state index in [1.54, 1.807) is 5.56 Å². The number of hydrogen-bond donors (Lipinski definition) is 0. The Morgan fingerprint density at radius 3 is 2.55 bits per heavy atom. The molecule has 1 aromatic carbocycles. The molecular formula is C10H14Si. The van der Waals surface area contributed by atoms with E-state index in [0.717, 1.165) is 11.5 Å². The van der Waals surface area contributed by atoms with Crippen molar-refractivity contribution in [3.8, 4) is 0 Å². The zero-order chi connectivity index (χ0) is 7.68. The molecule has 0 N–H and O–H groups in total. The van der Waals surface area contributed by atoms with E-state index in [-0.39, 0.29) is 9.52 Å². The van der Waals surface area contributed by atoms with Crippen molar-refractivity contribution in [2.24, 2.45) is 0 Å². The van der Waals surface area contributed by atoms with Crippen LogP contribution in [0.25, 0.3) is 0 Å². The molecule has 2 unspecified atom stereocenters. The normalized spacial score (nSPS) is 29.5. The Hall–Kier alpha value is -0.563. The number of benzene rings is 1. The summed E-state index contributed by atoms with van der Waals surface area (Å²) in [4.78, 5) is 0. The molecule has 1 fully saturated rings. The highest BCUT2D eigenvalue weighted by atomic mass is 28.2. The van der Waals surface area contributed by atoms with Gasteiger partial charge in [-0.2, -0.15) is 0 Å². The maximum Gasteiger partial charge on any atom is 0.0209 e. The highest BCUT2D eigenvalue weighted by Gasteiger charge is 2.35. The summed E-state index contributed by atoms with van der Waals surface area (Å²) in [6.45, 7) is 2.42. The molecule has 11 heavy (non-hydrogen) atoms. The Morgan fingerprint density at radius 2 is 2.00 bits per heavy atom. The van der Waals surface area contributed by atoms with Crippen LogP contribution in [0.5, 0.6) is 0 Å². The predicted octanol–water partition coefficient (Wildman–Crippen LogP) is 2.18. The standard InChI is InChI=1S/C10H14Si/c1-11-10-7-9(10)8-5-3-2-4-6-8/h2-6,9-10H,7,11H2,1H3. The van der Waals surface area contributed by atoms with Gasteiger partial charge in [0, 0.05) is 9.52 Å². The Morgan fingerprint density at radius 1 is 1.27 bits per heavy atom. The molecule has 0 radical (unpaired) electrons. The summed E-state index contributed by atoms with van der Waals surface area (Å²) in [6, 6.07) is 11.0. The minimum absolute atomic E-state index is 0.269. The third kappa shape index (κ3) is 1.38. The largest absolute Gasteiger partial charge is 0.0746 e. The van der Waals surface area contributed by atoms with E-state index in [1.165, 1.54) is 6.42 Å². The Bertz CT molecular complexity index is 230. The lowest BCUT2D eigenvalue weighted by Gasteiger charge is -1.96. The predicted molar refractivity (Wildman–Crippen MR) is 52.0 cm³/mol. The molecule has 1 saturated carbocycles. The minimum Gasteiger partial charge on any atom is -0.0746 e. The van der Waals surface area contributed by atoms with Crippen molar-refractivity contribution in [2.45, 2.75) is 24.4 Å². The first-order valence-electron chi connectivity index (χ1n) is 4.46. The maximum atomic E-state index is 2.42. The smallest absolute Gasteiger partial charge is 0.0209 e. The summed E-state index contributed by atoms with van der Waals surface area (Å²) >= 11 is 0. The molecule has 2 rings (SSSR count). The van der Waals surface area contributed by atoms with E-state index in [1.807, 2.05) is 0 Å². The Kier molecular flexibility index (Phi) is 1.82. The fourth-order valence-corrected chi connectivity index (χ4v) is 3.34. The monoisotopic (exact) mass is 162 g/mol. The zero-order valence-corrected chi connectivity index (χ0v) is 8.37. The van der Waals surface area contributed by atoms with Crippen LogP contribution in [0, 0.1) is 0 Å². The first-order chi connectivity index (χ1) is 5.42. The summed E-state index contributed by atoms with van der Waals surface area (Å²) < 4.78 is 0. The fraction of sp³-hybridized carbons (Fsp3) is 0.400. The van der Waals surface area contributed by atoms with Crippen LogP contribution in [0.1, 0.15) is 17.9 Å². The van der Waals surface area contributed by atoms with Gasteiger partial charge in [0.2, 0.25) is 0 Å². The van der Waals surface area contributed by atoms with Gasteiger partial charge in [-0.25, -0.2) is 0 Å². The van der Waals surface area contributed by atoms with E-state index in [2.05, 4.69) is 36.9 Å². The van der Waals surface area contributed by atoms with E-state index >= 15 is 0 Å². The van der Waals surface area contributed by atoms with Crippen molar-refractivity contribution in [1.29, 1.82) is 0 Å². The molecule has 1 aromatic rings. The second-order valence-corrected chi connectivity index (χ2v) is 5.29. The fourth-order valence-electron chi connectivity index (χ4n) is 1.81. The van der Waals surface area contributed by atoms with Gasteiger partial charge in [-0.05, 0) is 23.4 Å². The van der Waals surface area contributed by atoms with Crippen LogP contribution in [-0.2, 0) is 0 Å². The Labute approximate surface area is 70.5 Å². The van der Waals surface area contributed by atoms with Gasteiger partial charge >= 0.3 is 0 Å². The second kappa shape index (κ2) is 2.82. The van der Waals surface area contributed by atoms with Crippen LogP contribution in [0.2, 0.25) is 12.1 Å². The van der Waals surface area contributed by atoms with Crippen LogP contribution in [0.3, 0.4) is 0 Å². The average Bonchev–Trinajstić information content (AvgIpc) is 2.85. The highest BCUT2D eigenvalue weighted by molar-refractivity contribution is 6.37. The topological polar surface area (TPSA) is 0 Å². The van der Waals surface area contributed by atoms with Crippen molar-refractivity contribution in [1.82, 2.24) is 0 Å². The van der Waals surface area contributed by atoms with Crippen molar-refractivity contribution in [2.75, 3.05) is 0 Å². The van der Waals surface area contributed by atoms with Crippen molar-refractivity contribution in [3.63, 3.8) is 0 Å². The molecular weight excluding hydrogens is 148 g/mol. The lowest BCUT2D eigenvalue weighted by Crippen LogP contribution is -1.83. The molecule has 0 amide bonds. The quantitative estimate of drug-likeness (QED) is 0.585. The van der Waals surface area contributed by atoms with E-state index in [0.29, 0.717) is 0 Å². The van der Waals surface area contributed by atoms with Crippen molar-refractivity contribution < 1.29 is 0 Å². The SMILES string of the molecule is C[SiH2]C1CC1c1ccccc1. The molecule has 0 saturated heterocycles. The summed E-state index contributed by atoms with van der Waals surface area (Å²) in [5, 5.41) is 0. The average molecular weight is 162 g/mol. The van der Waals surface area contributed by atoms with Gasteiger partial charge in [-0.15, -0.1) is 0 Å². The van der Waals surface area contributed by atoms with Crippen LogP contribution in [-0.4, -0.2) is 9.52 Å². The molecule has 0 heterocycles. The molecule has 58 valence electrons. The van der Waals surface area contributed by atoms with Crippen molar-refractivity contribution >= 4 is 9.52 Å². The van der Waals surface area contributed by atoms with Gasteiger partial charge in [0.1, 0.15) is 0 Å². The molecule has 0 aromatic heterocycles. The van der Waals surface area contributed by atoms with Crippen LogP contribution >= 0.6 is 0 Å². The van der Waals surface area contributed by atoms with Crippen LogP contribution in [0.15, 0.2) is 30.3 Å². The van der Waals surface area contributed by atoms with E-state index in [9.17, 15) is 0 Å². The van der Waals surface area contributed by atoms with Gasteiger partial charge in [0.25, 0.3) is 0 Å². The van der Waals surface area contributed by atoms with Gasteiger partial charge < -0.3 is 0 Å². The first kappa shape index (κ1) is 7.11. The molecule has 2 atom stereocenters. The van der Waals surface area contributed by atoms with Gasteiger partial charge in [-0.1, -0.05) is 36.9 Å². The summed E-state index contributed by atoms with van der Waals surface area (Å²) in [7, 11) is 0.269. The van der Waals surface area contributed by atoms with Crippen LogP contribution in [0.4, 0.5) is 0 Å². The first-order valence-corrected chi connectivity index (χ1v) is 6.70. The lowest BCUT2D eigenvalue weighted by molar-refractivity contribution is 1.12. The molecule has 1 heteroatoms. The molecule has 0 bridgehead atoms. The van der Waals surface area contributed by atoms with E-state index in [4.69, 9.17) is 0 Å². The molecule has 0 spiro atoms. The Balaban J connectivity index is 2.09. The second-order valence-electron chi connectivity index (χ2n) is 3.42. The molecule has 0 aliphatic heterocycles. The zero-order valence-electron chi connectivity index (χ0n) is 6.96. The van der Waals surface area contributed by atoms with Gasteiger partial charge in [-0.3, -0.25) is 0 Å². The van der Waals surface area contributed by atoms with Crippen LogP contribution < -0.4 is 0 Å². The van der Waals surface area contributed by atoms with Gasteiger partial charge in [0.15, 0.2) is 0 Å². The van der Waals surface area contributed by atoms with E-state index < -0.39 is 0 Å². The molecule has 1 aliphatic carbocycles. The number of rotatable bonds is 2. The molecule has 0 nitrogen and oxygen atoms in total. The highest BCUT2D eigenvalue weighted by Crippen LogP contribution is 2.51. The molecule has 1 aliphatic rings.